The molecule has 4 N–H and O–H groups in total. The number of hydrogen-bond donors (Lipinski definition) is 3. The van der Waals surface area contributed by atoms with Crippen LogP contribution in [0.1, 0.15) is 11.1 Å². The molecular weight excluding hydrogens is 506 g/mol. The van der Waals surface area contributed by atoms with Crippen molar-refractivity contribution in [2.45, 2.75) is 11.8 Å². The highest BCUT2D eigenvalue weighted by Gasteiger charge is 2.13. The molecular formula is C26H27N7O4S. The molecule has 0 fully saturated rings. The van der Waals surface area contributed by atoms with E-state index in [0.717, 1.165) is 22.9 Å². The van der Waals surface area contributed by atoms with Gasteiger partial charge in [0.25, 0.3) is 5.95 Å². The maximum Gasteiger partial charge on any atom is 0.264 e. The van der Waals surface area contributed by atoms with Crippen molar-refractivity contribution in [2.75, 3.05) is 36.6 Å². The lowest BCUT2D eigenvalue weighted by molar-refractivity contribution is -0.113. The van der Waals surface area contributed by atoms with E-state index in [2.05, 4.69) is 26.0 Å². The Morgan fingerprint density at radius 1 is 1.00 bits per heavy atom. The van der Waals surface area contributed by atoms with Crippen molar-refractivity contribution in [1.29, 1.82) is 0 Å². The molecule has 1 heterocycles. The highest BCUT2D eigenvalue weighted by molar-refractivity contribution is 7.99. The first kappa shape index (κ1) is 26.4. The van der Waals surface area contributed by atoms with Gasteiger partial charge in [-0.3, -0.25) is 4.79 Å². The lowest BCUT2D eigenvalue weighted by Gasteiger charge is -2.10. The molecule has 0 bridgehead atoms. The zero-order chi connectivity index (χ0) is 26.7. The van der Waals surface area contributed by atoms with Crippen LogP contribution in [-0.2, 0) is 11.4 Å². The number of nitrogens with zero attached hydrogens (tertiary/aromatic N) is 4. The fourth-order valence-electron chi connectivity index (χ4n) is 3.31. The number of hydrogen-bond acceptors (Lipinski definition) is 10. The third-order valence-corrected chi connectivity index (χ3v) is 6.13. The summed E-state index contributed by atoms with van der Waals surface area (Å²) in [5.74, 6) is 7.89. The molecule has 4 rings (SSSR count). The second-order valence-electron chi connectivity index (χ2n) is 7.76. The Balaban J connectivity index is 1.30. The molecule has 196 valence electrons. The number of benzene rings is 3. The number of anilines is 2. The maximum atomic E-state index is 12.4. The van der Waals surface area contributed by atoms with E-state index in [4.69, 9.17) is 20.1 Å². The van der Waals surface area contributed by atoms with Crippen LogP contribution < -0.4 is 30.8 Å². The van der Waals surface area contributed by atoms with Gasteiger partial charge in [0, 0.05) is 17.3 Å². The summed E-state index contributed by atoms with van der Waals surface area (Å²) in [5, 5.41) is 15.4. The molecule has 12 heteroatoms. The minimum absolute atomic E-state index is 0.0685. The van der Waals surface area contributed by atoms with Crippen LogP contribution in [0, 0.1) is 0 Å². The molecule has 0 saturated carbocycles. The number of amides is 1. The summed E-state index contributed by atoms with van der Waals surface area (Å²) in [5.41, 5.74) is 5.19. The van der Waals surface area contributed by atoms with E-state index in [1.165, 1.54) is 11.8 Å². The van der Waals surface area contributed by atoms with Crippen molar-refractivity contribution in [2.24, 2.45) is 5.10 Å². The first-order valence-corrected chi connectivity index (χ1v) is 12.5. The second-order valence-corrected chi connectivity index (χ2v) is 8.71. The molecule has 4 aromatic rings. The molecule has 0 atom stereocenters. The maximum absolute atomic E-state index is 12.4. The first-order valence-electron chi connectivity index (χ1n) is 11.5. The molecule has 1 amide bonds. The van der Waals surface area contributed by atoms with Gasteiger partial charge in [-0.05, 0) is 29.8 Å². The summed E-state index contributed by atoms with van der Waals surface area (Å²) in [6, 6.07) is 22.6. The minimum atomic E-state index is -0.246. The summed E-state index contributed by atoms with van der Waals surface area (Å²) in [7, 11) is 3.08. The third-order valence-electron chi connectivity index (χ3n) is 5.19. The van der Waals surface area contributed by atoms with Crippen LogP contribution in [0.5, 0.6) is 17.2 Å². The smallest absolute Gasteiger partial charge is 0.264 e. The Labute approximate surface area is 224 Å². The standard InChI is InChI=1S/C26H27N7O4S/c1-35-22-13-12-20(14-23(22)36-2)29-24(34)17-38-26-32-31-25(33(26)27)30-28-15-19-10-6-7-11-21(19)37-16-18-8-4-3-5-9-18/h3-15H,16-17,27H2,1-2H3,(H,29,34)(H,30,31)/b28-15+. The van der Waals surface area contributed by atoms with Gasteiger partial charge in [-0.1, -0.05) is 54.2 Å². The van der Waals surface area contributed by atoms with Crippen molar-refractivity contribution >= 4 is 35.5 Å². The van der Waals surface area contributed by atoms with Crippen LogP contribution in [0.3, 0.4) is 0 Å². The number of carbonyl (C=O) groups is 1. The van der Waals surface area contributed by atoms with Crippen molar-refractivity contribution in [3.63, 3.8) is 0 Å². The predicted molar refractivity (Wildman–Crippen MR) is 148 cm³/mol. The molecule has 0 radical (unpaired) electrons. The normalized spacial score (nSPS) is 10.8. The number of hydrazone groups is 1. The second kappa shape index (κ2) is 13.0. The fourth-order valence-corrected chi connectivity index (χ4v) is 3.96. The Hall–Kier alpha value is -4.71. The number of nitrogen functional groups attached to an aromatic ring is 1. The van der Waals surface area contributed by atoms with E-state index in [1.807, 2.05) is 54.6 Å². The van der Waals surface area contributed by atoms with Crippen LogP contribution in [0.15, 0.2) is 83.1 Å². The number of ether oxygens (including phenoxy) is 3. The van der Waals surface area contributed by atoms with Crippen LogP contribution in [0.4, 0.5) is 11.6 Å². The first-order chi connectivity index (χ1) is 18.6. The zero-order valence-corrected chi connectivity index (χ0v) is 21.6. The van der Waals surface area contributed by atoms with Gasteiger partial charge in [0.05, 0.1) is 26.2 Å². The Kier molecular flexibility index (Phi) is 9.03. The molecule has 0 aliphatic carbocycles. The van der Waals surface area contributed by atoms with Gasteiger partial charge >= 0.3 is 0 Å². The number of carbonyl (C=O) groups excluding carboxylic acids is 1. The molecule has 3 aromatic carbocycles. The van der Waals surface area contributed by atoms with Gasteiger partial charge in [-0.15, -0.1) is 10.2 Å². The highest BCUT2D eigenvalue weighted by atomic mass is 32.2. The van der Waals surface area contributed by atoms with E-state index in [9.17, 15) is 4.79 Å². The monoisotopic (exact) mass is 533 g/mol. The highest BCUT2D eigenvalue weighted by Crippen LogP contribution is 2.30. The lowest BCUT2D eigenvalue weighted by Crippen LogP contribution is -2.17. The number of aromatic nitrogens is 3. The van der Waals surface area contributed by atoms with Crippen molar-refractivity contribution in [1.82, 2.24) is 14.9 Å². The average molecular weight is 534 g/mol. The van der Waals surface area contributed by atoms with Crippen molar-refractivity contribution in [3.05, 3.63) is 83.9 Å². The number of nitrogens with one attached hydrogen (secondary N) is 2. The number of nitrogens with two attached hydrogens (primary N) is 1. The quantitative estimate of drug-likeness (QED) is 0.108. The van der Waals surface area contributed by atoms with E-state index in [0.29, 0.717) is 34.7 Å². The Morgan fingerprint density at radius 3 is 2.55 bits per heavy atom. The molecule has 0 spiro atoms. The molecule has 0 saturated heterocycles. The van der Waals surface area contributed by atoms with Crippen molar-refractivity contribution in [3.8, 4) is 17.2 Å². The fraction of sp³-hybridized carbons (Fsp3) is 0.154. The molecule has 11 nitrogen and oxygen atoms in total. The minimum Gasteiger partial charge on any atom is -0.493 e. The molecule has 0 unspecified atom stereocenters. The molecule has 0 aliphatic rings. The van der Waals surface area contributed by atoms with E-state index < -0.39 is 0 Å². The van der Waals surface area contributed by atoms with E-state index in [-0.39, 0.29) is 17.6 Å². The van der Waals surface area contributed by atoms with Crippen molar-refractivity contribution < 1.29 is 19.0 Å². The summed E-state index contributed by atoms with van der Waals surface area (Å²) in [6.45, 7) is 0.441. The zero-order valence-electron chi connectivity index (χ0n) is 20.8. The van der Waals surface area contributed by atoms with Gasteiger partial charge in [-0.2, -0.15) is 5.10 Å². The molecule has 1 aromatic heterocycles. The number of para-hydroxylation sites is 1. The molecule has 0 aliphatic heterocycles. The molecule has 38 heavy (non-hydrogen) atoms. The summed E-state index contributed by atoms with van der Waals surface area (Å²) in [4.78, 5) is 12.4. The van der Waals surface area contributed by atoms with Crippen LogP contribution in [0.25, 0.3) is 0 Å². The average Bonchev–Trinajstić information content (AvgIpc) is 3.30. The largest absolute Gasteiger partial charge is 0.493 e. The predicted octanol–water partition coefficient (Wildman–Crippen LogP) is 3.76. The summed E-state index contributed by atoms with van der Waals surface area (Å²) < 4.78 is 17.6. The van der Waals surface area contributed by atoms with E-state index in [1.54, 1.807) is 31.5 Å². The van der Waals surface area contributed by atoms with Crippen LogP contribution >= 0.6 is 11.8 Å². The SMILES string of the molecule is COc1ccc(NC(=O)CSc2nnc(N/N=C/c3ccccc3OCc3ccccc3)n2N)cc1OC. The van der Waals surface area contributed by atoms with Gasteiger partial charge in [0.1, 0.15) is 12.4 Å². The van der Waals surface area contributed by atoms with E-state index >= 15 is 0 Å². The number of methoxy groups -OCH3 is 2. The topological polar surface area (TPSA) is 138 Å². The summed E-state index contributed by atoms with van der Waals surface area (Å²) in [6.07, 6.45) is 1.61. The van der Waals surface area contributed by atoms with Gasteiger partial charge < -0.3 is 25.4 Å². The van der Waals surface area contributed by atoms with Crippen LogP contribution in [-0.4, -0.2) is 47.0 Å². The number of thioether (sulfide) groups is 1. The number of rotatable bonds is 12. The van der Waals surface area contributed by atoms with Gasteiger partial charge in [0.15, 0.2) is 11.5 Å². The van der Waals surface area contributed by atoms with Gasteiger partial charge in [0.2, 0.25) is 11.1 Å². The summed E-state index contributed by atoms with van der Waals surface area (Å²) >= 11 is 1.13. The Bertz CT molecular complexity index is 1400. The lowest BCUT2D eigenvalue weighted by atomic mass is 10.2. The third kappa shape index (κ3) is 6.95. The van der Waals surface area contributed by atoms with Gasteiger partial charge in [-0.25, -0.2) is 10.1 Å². The Morgan fingerprint density at radius 2 is 1.76 bits per heavy atom. The van der Waals surface area contributed by atoms with Crippen LogP contribution in [0.2, 0.25) is 0 Å².